The molecule has 2 atom stereocenters. The van der Waals surface area contributed by atoms with Crippen LogP contribution in [0.2, 0.25) is 10.0 Å². The summed E-state index contributed by atoms with van der Waals surface area (Å²) in [5.41, 5.74) is 9.53. The summed E-state index contributed by atoms with van der Waals surface area (Å²) in [6.45, 7) is 10.8. The Balaban J connectivity index is 0.931. The topological polar surface area (TPSA) is 152 Å². The normalized spacial score (nSPS) is 18.0. The third-order valence-corrected chi connectivity index (χ3v) is 13.1. The number of pyridine rings is 4. The predicted molar refractivity (Wildman–Crippen MR) is 259 cm³/mol. The molecule has 3 saturated heterocycles. The Morgan fingerprint density at radius 2 is 1.49 bits per heavy atom. The zero-order valence-corrected chi connectivity index (χ0v) is 39.3. The fourth-order valence-corrected chi connectivity index (χ4v) is 9.29. The van der Waals surface area contributed by atoms with Gasteiger partial charge in [-0.05, 0) is 111 Å². The van der Waals surface area contributed by atoms with Crippen molar-refractivity contribution >= 4 is 40.9 Å². The molecular formula is C52H53Cl2N7O6. The van der Waals surface area contributed by atoms with E-state index in [1.54, 1.807) is 54.0 Å². The quantitative estimate of drug-likeness (QED) is 0.128. The van der Waals surface area contributed by atoms with E-state index in [4.69, 9.17) is 42.4 Å². The van der Waals surface area contributed by atoms with Gasteiger partial charge in [-0.2, -0.15) is 0 Å². The van der Waals surface area contributed by atoms with Gasteiger partial charge in [0.1, 0.15) is 12.7 Å². The van der Waals surface area contributed by atoms with E-state index >= 15 is 0 Å². The zero-order valence-electron chi connectivity index (χ0n) is 37.8. The van der Waals surface area contributed by atoms with E-state index in [9.17, 15) is 14.7 Å². The Kier molecular flexibility index (Phi) is 14.0. The van der Waals surface area contributed by atoms with Gasteiger partial charge in [0.15, 0.2) is 0 Å². The van der Waals surface area contributed by atoms with Crippen LogP contribution in [0.15, 0.2) is 104 Å². The molecule has 2 N–H and O–H groups in total. The van der Waals surface area contributed by atoms with Gasteiger partial charge < -0.3 is 24.2 Å². The lowest BCUT2D eigenvalue weighted by Crippen LogP contribution is -2.40. The van der Waals surface area contributed by atoms with Crippen molar-refractivity contribution in [2.75, 3.05) is 51.3 Å². The third kappa shape index (κ3) is 10.8. The lowest BCUT2D eigenvalue weighted by Gasteiger charge is -2.29. The summed E-state index contributed by atoms with van der Waals surface area (Å²) < 4.78 is 18.4. The van der Waals surface area contributed by atoms with E-state index in [0.717, 1.165) is 69.8 Å². The molecule has 0 bridgehead atoms. The van der Waals surface area contributed by atoms with Crippen molar-refractivity contribution < 1.29 is 28.9 Å². The number of nitrogens with zero attached hydrogens (tertiary/aromatic N) is 6. The van der Waals surface area contributed by atoms with E-state index in [-0.39, 0.29) is 24.0 Å². The van der Waals surface area contributed by atoms with Gasteiger partial charge in [-0.3, -0.25) is 34.9 Å². The van der Waals surface area contributed by atoms with Gasteiger partial charge in [-0.15, -0.1) is 0 Å². The number of aliphatic hydroxyl groups excluding tert-OH is 1. The molecule has 2 amide bonds. The van der Waals surface area contributed by atoms with Gasteiger partial charge in [0.2, 0.25) is 6.29 Å². The van der Waals surface area contributed by atoms with Crippen LogP contribution in [0.25, 0.3) is 44.5 Å². The maximum atomic E-state index is 13.2. The Morgan fingerprint density at radius 1 is 0.776 bits per heavy atom. The number of halogens is 2. The molecule has 9 rings (SSSR count). The van der Waals surface area contributed by atoms with Crippen LogP contribution in [0, 0.1) is 0 Å². The molecule has 6 aromatic rings. The highest BCUT2D eigenvalue weighted by Gasteiger charge is 2.33. The number of aromatic nitrogens is 4. The molecule has 2 unspecified atom stereocenters. The largest absolute Gasteiger partial charge is 0.448 e. The number of amides is 2. The van der Waals surface area contributed by atoms with Crippen LogP contribution < -0.4 is 5.32 Å². The van der Waals surface area contributed by atoms with Crippen molar-refractivity contribution in [1.82, 2.24) is 29.7 Å². The van der Waals surface area contributed by atoms with Crippen LogP contribution in [0.5, 0.6) is 0 Å². The number of carbonyl (C=O) groups is 2. The Morgan fingerprint density at radius 3 is 2.25 bits per heavy atom. The van der Waals surface area contributed by atoms with Crippen molar-refractivity contribution in [3.63, 3.8) is 0 Å². The summed E-state index contributed by atoms with van der Waals surface area (Å²) >= 11 is 13.7. The molecule has 346 valence electrons. The Hall–Kier alpha value is -5.80. The van der Waals surface area contributed by atoms with Crippen LogP contribution in [0.3, 0.4) is 0 Å². The summed E-state index contributed by atoms with van der Waals surface area (Å²) in [7, 11) is 0. The first-order valence-electron chi connectivity index (χ1n) is 22.7. The van der Waals surface area contributed by atoms with Crippen LogP contribution in [0.1, 0.15) is 86.3 Å². The summed E-state index contributed by atoms with van der Waals surface area (Å²) in [5, 5.41) is 13.6. The number of anilines is 1. The second kappa shape index (κ2) is 20.2. The molecule has 4 aromatic heterocycles. The molecule has 67 heavy (non-hydrogen) atoms. The van der Waals surface area contributed by atoms with Gasteiger partial charge in [0.25, 0.3) is 5.91 Å². The second-order valence-electron chi connectivity index (χ2n) is 18.3. The van der Waals surface area contributed by atoms with E-state index < -0.39 is 18.5 Å². The number of benzene rings is 2. The number of piperidine rings is 1. The number of hydrogen-bond donors (Lipinski definition) is 2. The highest BCUT2D eigenvalue weighted by Crippen LogP contribution is 2.42. The van der Waals surface area contributed by atoms with Crippen LogP contribution in [-0.4, -0.2) is 98.9 Å². The smallest absolute Gasteiger partial charge is 0.411 e. The molecule has 2 aromatic carbocycles. The first-order chi connectivity index (χ1) is 32.4. The van der Waals surface area contributed by atoms with Gasteiger partial charge in [0, 0.05) is 111 Å². The first kappa shape index (κ1) is 46.3. The summed E-state index contributed by atoms with van der Waals surface area (Å²) in [6.07, 6.45) is 10.1. The third-order valence-electron chi connectivity index (χ3n) is 12.5. The molecule has 3 aliphatic rings. The Bertz CT molecular complexity index is 2770. The number of hydrogen-bond acceptors (Lipinski definition) is 11. The average molecular weight is 943 g/mol. The minimum absolute atomic E-state index is 0.101. The fourth-order valence-electron chi connectivity index (χ4n) is 8.71. The monoisotopic (exact) mass is 941 g/mol. The second-order valence-corrected chi connectivity index (χ2v) is 19.1. The van der Waals surface area contributed by atoms with Crippen LogP contribution >= 0.6 is 23.2 Å². The average Bonchev–Trinajstić information content (AvgIpc) is 4.05. The number of carbonyl (C=O) groups excluding carboxylic acids is 2. The lowest BCUT2D eigenvalue weighted by atomic mass is 9.89. The van der Waals surface area contributed by atoms with E-state index in [0.29, 0.717) is 65.2 Å². The lowest BCUT2D eigenvalue weighted by molar-refractivity contribution is -0.0642. The molecule has 3 aliphatic heterocycles. The van der Waals surface area contributed by atoms with Crippen LogP contribution in [0.4, 0.5) is 10.5 Å². The SMILES string of the molecule is CC(C)(C)c1cc(-c2cc(-c3ccc(NC(=O)OCCN4CCCC4)cc3Cl)cnc2C2COC(c3cc(-c4cncc(-c5ccc(C(=O)N6CCC(O)CC6)cc5Cl)c4)ccn3)O2)ccn1. The number of likely N-dealkylation sites (tertiary alicyclic amines) is 2. The van der Waals surface area contributed by atoms with Crippen molar-refractivity contribution in [3.05, 3.63) is 136 Å². The molecule has 13 nitrogen and oxygen atoms in total. The molecule has 0 aliphatic carbocycles. The van der Waals surface area contributed by atoms with Crippen molar-refractivity contribution in [2.45, 2.75) is 70.4 Å². The summed E-state index contributed by atoms with van der Waals surface area (Å²) in [5.74, 6) is -0.101. The predicted octanol–water partition coefficient (Wildman–Crippen LogP) is 10.6. The minimum atomic E-state index is -0.776. The maximum Gasteiger partial charge on any atom is 0.411 e. The molecule has 3 fully saturated rings. The van der Waals surface area contributed by atoms with Gasteiger partial charge in [-0.25, -0.2) is 4.79 Å². The van der Waals surface area contributed by atoms with Crippen molar-refractivity contribution in [1.29, 1.82) is 0 Å². The van der Waals surface area contributed by atoms with E-state index in [1.165, 1.54) is 12.8 Å². The molecule has 0 saturated carbocycles. The van der Waals surface area contributed by atoms with E-state index in [2.05, 4.69) is 58.1 Å². The van der Waals surface area contributed by atoms with Gasteiger partial charge in [0.05, 0.1) is 29.1 Å². The van der Waals surface area contributed by atoms with Crippen molar-refractivity contribution in [2.24, 2.45) is 0 Å². The molecule has 7 heterocycles. The van der Waals surface area contributed by atoms with E-state index in [1.807, 2.05) is 42.6 Å². The Labute approximate surface area is 400 Å². The van der Waals surface area contributed by atoms with Gasteiger partial charge in [-0.1, -0.05) is 56.1 Å². The first-order valence-corrected chi connectivity index (χ1v) is 23.5. The fraction of sp³-hybridized carbons (Fsp3) is 0.346. The standard InChI is InChI=1S/C52H53Cl2N7O6/c1-52(2,3)47-26-33(11-15-57-47)42-23-37(41-9-7-38(27-44(41)54)59-51(64)65-21-20-60-16-4-5-17-60)30-58-48(42)46-31-66-50(67-46)45-25-32(10-14-56-45)35-22-36(29-55-28-35)40-8-6-34(24-43(40)53)49(63)61-18-12-39(62)13-19-61/h6-11,14-15,22-30,39,46,50,62H,4-5,12-13,16-21,31H2,1-3H3,(H,59,64). The number of rotatable bonds is 11. The maximum absolute atomic E-state index is 13.2. The van der Waals surface area contributed by atoms with Gasteiger partial charge >= 0.3 is 6.09 Å². The summed E-state index contributed by atoms with van der Waals surface area (Å²) in [4.78, 5) is 48.7. The molecule has 15 heteroatoms. The number of aliphatic hydroxyl groups is 1. The zero-order chi connectivity index (χ0) is 46.7. The number of ether oxygens (including phenoxy) is 3. The molecular weight excluding hydrogens is 890 g/mol. The molecule has 0 spiro atoms. The number of nitrogens with one attached hydrogen (secondary N) is 1. The summed E-state index contributed by atoms with van der Waals surface area (Å²) in [6, 6.07) is 22.6. The molecule has 0 radical (unpaired) electrons. The minimum Gasteiger partial charge on any atom is -0.448 e. The van der Waals surface area contributed by atoms with Crippen LogP contribution in [-0.2, 0) is 19.6 Å². The highest BCUT2D eigenvalue weighted by atomic mass is 35.5. The van der Waals surface area contributed by atoms with Crippen molar-refractivity contribution in [3.8, 4) is 44.5 Å². The highest BCUT2D eigenvalue weighted by molar-refractivity contribution is 6.34.